The first-order chi connectivity index (χ1) is 15.3. The number of amides is 1. The Morgan fingerprint density at radius 2 is 1.84 bits per heavy atom. The molecule has 0 unspecified atom stereocenters. The SMILES string of the molecule is CCN(CC)CCCN1C(=O)C(O)=C(C(=O)c2ccc(C)o2)[C@H]1c1ccc([N+](=O)[O-])cc1. The average Bonchev–Trinajstić information content (AvgIpc) is 3.33. The van der Waals surface area contributed by atoms with Crippen LogP contribution in [0.15, 0.2) is 52.1 Å². The smallest absolute Gasteiger partial charge is 0.290 e. The molecule has 1 aromatic carbocycles. The first-order valence-corrected chi connectivity index (χ1v) is 10.6. The molecule has 0 saturated carbocycles. The molecular formula is C23H27N3O6. The highest BCUT2D eigenvalue weighted by Gasteiger charge is 2.44. The second-order valence-electron chi connectivity index (χ2n) is 7.63. The summed E-state index contributed by atoms with van der Waals surface area (Å²) < 4.78 is 5.43. The largest absolute Gasteiger partial charge is 0.503 e. The summed E-state index contributed by atoms with van der Waals surface area (Å²) in [5.74, 6) is -1.29. The zero-order valence-electron chi connectivity index (χ0n) is 18.4. The van der Waals surface area contributed by atoms with Crippen molar-refractivity contribution in [2.75, 3.05) is 26.2 Å². The van der Waals surface area contributed by atoms with Crippen molar-refractivity contribution in [1.29, 1.82) is 0 Å². The minimum absolute atomic E-state index is 0.0220. The molecule has 1 aliphatic heterocycles. The van der Waals surface area contributed by atoms with E-state index in [4.69, 9.17) is 4.42 Å². The van der Waals surface area contributed by atoms with Gasteiger partial charge in [-0.3, -0.25) is 19.7 Å². The lowest BCUT2D eigenvalue weighted by Crippen LogP contribution is -2.34. The molecule has 1 amide bonds. The first kappa shape index (κ1) is 23.2. The Balaban J connectivity index is 1.97. The number of rotatable bonds is 10. The number of Topliss-reactive ketones (excluding diaryl/α,β-unsaturated/α-hetero) is 1. The van der Waals surface area contributed by atoms with Gasteiger partial charge in [0.2, 0.25) is 5.78 Å². The number of benzene rings is 1. The number of hydrogen-bond donors (Lipinski definition) is 1. The highest BCUT2D eigenvalue weighted by atomic mass is 16.6. The predicted molar refractivity (Wildman–Crippen MR) is 117 cm³/mol. The third-order valence-electron chi connectivity index (χ3n) is 5.70. The van der Waals surface area contributed by atoms with Crippen LogP contribution in [-0.2, 0) is 4.79 Å². The van der Waals surface area contributed by atoms with Crippen molar-refractivity contribution in [3.63, 3.8) is 0 Å². The second kappa shape index (κ2) is 9.78. The molecule has 170 valence electrons. The summed E-state index contributed by atoms with van der Waals surface area (Å²) in [5.41, 5.74) is 0.317. The van der Waals surface area contributed by atoms with Gasteiger partial charge in [0.25, 0.3) is 11.6 Å². The van der Waals surface area contributed by atoms with Crippen molar-refractivity contribution >= 4 is 17.4 Å². The third-order valence-corrected chi connectivity index (χ3v) is 5.70. The highest BCUT2D eigenvalue weighted by molar-refractivity contribution is 6.15. The van der Waals surface area contributed by atoms with Gasteiger partial charge >= 0.3 is 0 Å². The molecule has 0 bridgehead atoms. The van der Waals surface area contributed by atoms with Crippen LogP contribution in [0.2, 0.25) is 0 Å². The number of hydrogen-bond acceptors (Lipinski definition) is 7. The summed E-state index contributed by atoms with van der Waals surface area (Å²) in [6, 6.07) is 7.92. The normalized spacial score (nSPS) is 16.3. The monoisotopic (exact) mass is 441 g/mol. The molecule has 0 fully saturated rings. The Labute approximate surface area is 186 Å². The number of non-ortho nitro benzene ring substituents is 1. The minimum Gasteiger partial charge on any atom is -0.503 e. The third kappa shape index (κ3) is 4.57. The number of aliphatic hydroxyl groups is 1. The van der Waals surface area contributed by atoms with Crippen molar-refractivity contribution in [1.82, 2.24) is 9.80 Å². The molecule has 0 aliphatic carbocycles. The molecule has 2 heterocycles. The molecule has 32 heavy (non-hydrogen) atoms. The second-order valence-corrected chi connectivity index (χ2v) is 7.63. The van der Waals surface area contributed by atoms with Crippen LogP contribution in [0.3, 0.4) is 0 Å². The van der Waals surface area contributed by atoms with Gasteiger partial charge in [-0.2, -0.15) is 0 Å². The van der Waals surface area contributed by atoms with Crippen molar-refractivity contribution in [2.24, 2.45) is 0 Å². The molecule has 1 N–H and O–H groups in total. The van der Waals surface area contributed by atoms with E-state index in [-0.39, 0.29) is 17.0 Å². The van der Waals surface area contributed by atoms with Gasteiger partial charge in [-0.25, -0.2) is 0 Å². The van der Waals surface area contributed by atoms with E-state index < -0.39 is 28.4 Å². The van der Waals surface area contributed by atoms with Crippen LogP contribution >= 0.6 is 0 Å². The Morgan fingerprint density at radius 3 is 2.38 bits per heavy atom. The van der Waals surface area contributed by atoms with E-state index in [9.17, 15) is 24.8 Å². The number of nitro groups is 1. The van der Waals surface area contributed by atoms with Crippen LogP contribution in [0, 0.1) is 17.0 Å². The van der Waals surface area contributed by atoms with E-state index in [1.54, 1.807) is 13.0 Å². The van der Waals surface area contributed by atoms with Crippen molar-refractivity contribution in [2.45, 2.75) is 33.2 Å². The number of aryl methyl sites for hydroxylation is 1. The number of carbonyl (C=O) groups is 2. The lowest BCUT2D eigenvalue weighted by molar-refractivity contribution is -0.384. The fourth-order valence-corrected chi connectivity index (χ4v) is 3.93. The molecule has 0 spiro atoms. The Kier molecular flexibility index (Phi) is 7.09. The lowest BCUT2D eigenvalue weighted by atomic mass is 9.95. The lowest BCUT2D eigenvalue weighted by Gasteiger charge is -2.28. The van der Waals surface area contributed by atoms with Gasteiger partial charge in [0.1, 0.15) is 5.76 Å². The zero-order chi connectivity index (χ0) is 23.4. The maximum absolute atomic E-state index is 13.2. The van der Waals surface area contributed by atoms with Gasteiger partial charge in [-0.1, -0.05) is 13.8 Å². The maximum Gasteiger partial charge on any atom is 0.290 e. The molecule has 0 saturated heterocycles. The Bertz CT molecular complexity index is 1040. The van der Waals surface area contributed by atoms with Crippen LogP contribution in [0.4, 0.5) is 5.69 Å². The summed E-state index contributed by atoms with van der Waals surface area (Å²) in [6.45, 7) is 8.63. The number of furan rings is 1. The Hall–Kier alpha value is -3.46. The van der Waals surface area contributed by atoms with E-state index in [0.717, 1.165) is 19.6 Å². The summed E-state index contributed by atoms with van der Waals surface area (Å²) in [5, 5.41) is 21.7. The van der Waals surface area contributed by atoms with E-state index in [1.165, 1.54) is 35.2 Å². The number of aliphatic hydroxyl groups excluding tert-OH is 1. The summed E-state index contributed by atoms with van der Waals surface area (Å²) in [6.07, 6.45) is 0.644. The maximum atomic E-state index is 13.2. The predicted octanol–water partition coefficient (Wildman–Crippen LogP) is 3.81. The molecular weight excluding hydrogens is 414 g/mol. The van der Waals surface area contributed by atoms with Gasteiger partial charge < -0.3 is 19.3 Å². The van der Waals surface area contributed by atoms with E-state index in [1.807, 2.05) is 0 Å². The number of carbonyl (C=O) groups excluding carboxylic acids is 2. The van der Waals surface area contributed by atoms with Gasteiger partial charge in [0.05, 0.1) is 16.5 Å². The summed E-state index contributed by atoms with van der Waals surface area (Å²) in [4.78, 5) is 40.3. The van der Waals surface area contributed by atoms with E-state index >= 15 is 0 Å². The number of nitro benzene ring substituents is 1. The topological polar surface area (TPSA) is 117 Å². The molecule has 1 aliphatic rings. The van der Waals surface area contributed by atoms with Crippen molar-refractivity contribution in [3.05, 3.63) is 74.9 Å². The van der Waals surface area contributed by atoms with Crippen molar-refractivity contribution in [3.8, 4) is 0 Å². The fraction of sp³-hybridized carbons (Fsp3) is 0.391. The minimum atomic E-state index is -0.863. The van der Waals surface area contributed by atoms with E-state index in [0.29, 0.717) is 24.3 Å². The molecule has 1 aromatic heterocycles. The van der Waals surface area contributed by atoms with Gasteiger partial charge in [-0.15, -0.1) is 0 Å². The highest BCUT2D eigenvalue weighted by Crippen LogP contribution is 2.39. The van der Waals surface area contributed by atoms with Gasteiger partial charge in [0.15, 0.2) is 11.5 Å². The van der Waals surface area contributed by atoms with Gasteiger partial charge in [0, 0.05) is 18.7 Å². The number of ketones is 1. The number of nitrogens with zero attached hydrogens (tertiary/aromatic N) is 3. The molecule has 1 atom stereocenters. The van der Waals surface area contributed by atoms with Crippen LogP contribution in [0.1, 0.15) is 48.2 Å². The van der Waals surface area contributed by atoms with Crippen LogP contribution < -0.4 is 0 Å². The fourth-order valence-electron chi connectivity index (χ4n) is 3.93. The van der Waals surface area contributed by atoms with Crippen LogP contribution in [0.25, 0.3) is 0 Å². The van der Waals surface area contributed by atoms with Crippen molar-refractivity contribution < 1.29 is 24.0 Å². The van der Waals surface area contributed by atoms with Crippen LogP contribution in [-0.4, -0.2) is 57.7 Å². The molecule has 9 heteroatoms. The van der Waals surface area contributed by atoms with Crippen LogP contribution in [0.5, 0.6) is 0 Å². The zero-order valence-corrected chi connectivity index (χ0v) is 18.4. The quantitative estimate of drug-likeness (QED) is 0.338. The molecule has 0 radical (unpaired) electrons. The molecule has 9 nitrogen and oxygen atoms in total. The first-order valence-electron chi connectivity index (χ1n) is 10.6. The Morgan fingerprint density at radius 1 is 1.19 bits per heavy atom. The average molecular weight is 441 g/mol. The standard InChI is InChI=1S/C23H27N3O6/c1-4-24(5-2)13-6-14-25-20(16-8-10-17(11-9-16)26(30)31)19(22(28)23(25)29)21(27)18-12-7-15(3)32-18/h7-12,20,28H,4-6,13-14H2,1-3H3/t20-/m1/s1. The summed E-state index contributed by atoms with van der Waals surface area (Å²) >= 11 is 0. The van der Waals surface area contributed by atoms with E-state index in [2.05, 4.69) is 18.7 Å². The molecule has 3 rings (SSSR count). The van der Waals surface area contributed by atoms with Gasteiger partial charge in [-0.05, 0) is 62.8 Å². The molecule has 2 aromatic rings. The summed E-state index contributed by atoms with van der Waals surface area (Å²) in [7, 11) is 0.